The van der Waals surface area contributed by atoms with Crippen molar-refractivity contribution in [1.29, 1.82) is 0 Å². The molecule has 2 aromatic rings. The topological polar surface area (TPSA) is 45.3 Å². The number of methoxy groups -OCH3 is 2. The molecular formula is C25H35N3O3. The predicted octanol–water partition coefficient (Wildman–Crippen LogP) is 3.43. The van der Waals surface area contributed by atoms with E-state index in [2.05, 4.69) is 21.9 Å². The highest BCUT2D eigenvalue weighted by Crippen LogP contribution is 2.28. The van der Waals surface area contributed by atoms with Crippen molar-refractivity contribution in [2.24, 2.45) is 0 Å². The first-order valence-electron chi connectivity index (χ1n) is 11.1. The average Bonchev–Trinajstić information content (AvgIpc) is 2.82. The summed E-state index contributed by atoms with van der Waals surface area (Å²) in [7, 11) is 3.38. The van der Waals surface area contributed by atoms with E-state index in [0.717, 1.165) is 68.4 Å². The predicted molar refractivity (Wildman–Crippen MR) is 124 cm³/mol. The molecule has 6 nitrogen and oxygen atoms in total. The lowest BCUT2D eigenvalue weighted by Gasteiger charge is -2.40. The number of hydrogen-bond donors (Lipinski definition) is 0. The highest BCUT2D eigenvalue weighted by molar-refractivity contribution is 5.83. The number of likely N-dealkylation sites (N-methyl/N-ethyl adjacent to an activating group) is 1. The minimum absolute atomic E-state index is 0.194. The largest absolute Gasteiger partial charge is 0.497 e. The van der Waals surface area contributed by atoms with Gasteiger partial charge in [-0.2, -0.15) is 0 Å². The molecule has 1 unspecified atom stereocenters. The van der Waals surface area contributed by atoms with Crippen LogP contribution in [0.4, 0.5) is 0 Å². The van der Waals surface area contributed by atoms with Crippen LogP contribution in [0.5, 0.6) is 11.5 Å². The van der Waals surface area contributed by atoms with Crippen LogP contribution < -0.4 is 9.47 Å². The lowest BCUT2D eigenvalue weighted by Crippen LogP contribution is -2.51. The van der Waals surface area contributed by atoms with E-state index < -0.39 is 0 Å². The minimum atomic E-state index is -0.227. The second-order valence-corrected chi connectivity index (χ2v) is 7.81. The Morgan fingerprint density at radius 3 is 2.23 bits per heavy atom. The lowest BCUT2D eigenvalue weighted by atomic mass is 10.0. The number of nitrogens with zero attached hydrogens (tertiary/aromatic N) is 3. The first-order valence-corrected chi connectivity index (χ1v) is 11.1. The van der Waals surface area contributed by atoms with Gasteiger partial charge in [0.2, 0.25) is 5.91 Å². The number of carbonyl (C=O) groups excluding carboxylic acids is 1. The van der Waals surface area contributed by atoms with Crippen LogP contribution in [0.3, 0.4) is 0 Å². The maximum Gasteiger partial charge on any atom is 0.244 e. The number of piperazine rings is 1. The van der Waals surface area contributed by atoms with E-state index in [1.165, 1.54) is 0 Å². The van der Waals surface area contributed by atoms with Gasteiger partial charge in [0.05, 0.1) is 14.2 Å². The second-order valence-electron chi connectivity index (χ2n) is 7.81. The number of hydrogen-bond acceptors (Lipinski definition) is 5. The monoisotopic (exact) mass is 425 g/mol. The first kappa shape index (κ1) is 23.1. The summed E-state index contributed by atoms with van der Waals surface area (Å²) >= 11 is 0. The standard InChI is InChI=1S/C25H35N3O3/c1-5-27(6-2)25(29)24(20-10-8-7-9-11-20)28-16-14-26(15-17-28)19-21-18-22(30-3)12-13-23(21)31-4/h7-13,18,24H,5-6,14-17,19H2,1-4H3. The molecule has 0 aliphatic carbocycles. The number of amides is 1. The van der Waals surface area contributed by atoms with Crippen LogP contribution in [0, 0.1) is 0 Å². The molecule has 1 aliphatic rings. The normalized spacial score (nSPS) is 16.0. The van der Waals surface area contributed by atoms with Gasteiger partial charge in [0.1, 0.15) is 17.5 Å². The SMILES string of the molecule is CCN(CC)C(=O)C(c1ccccc1)N1CCN(Cc2cc(OC)ccc2OC)CC1. The van der Waals surface area contributed by atoms with Crippen molar-refractivity contribution in [2.75, 3.05) is 53.5 Å². The maximum atomic E-state index is 13.4. The van der Waals surface area contributed by atoms with E-state index in [4.69, 9.17) is 9.47 Å². The van der Waals surface area contributed by atoms with Crippen molar-refractivity contribution in [1.82, 2.24) is 14.7 Å². The van der Waals surface area contributed by atoms with E-state index in [1.807, 2.05) is 55.1 Å². The maximum absolute atomic E-state index is 13.4. The van der Waals surface area contributed by atoms with Crippen LogP contribution >= 0.6 is 0 Å². The van der Waals surface area contributed by atoms with Gasteiger partial charge in [-0.3, -0.25) is 14.6 Å². The molecule has 0 saturated carbocycles. The smallest absolute Gasteiger partial charge is 0.244 e. The van der Waals surface area contributed by atoms with Crippen molar-refractivity contribution in [2.45, 2.75) is 26.4 Å². The second kappa shape index (κ2) is 11.2. The summed E-state index contributed by atoms with van der Waals surface area (Å²) < 4.78 is 10.9. The van der Waals surface area contributed by atoms with E-state index in [-0.39, 0.29) is 11.9 Å². The Balaban J connectivity index is 1.72. The van der Waals surface area contributed by atoms with Crippen molar-refractivity contribution in [3.63, 3.8) is 0 Å². The molecule has 0 bridgehead atoms. The Kier molecular flexibility index (Phi) is 8.32. The molecule has 1 fully saturated rings. The van der Waals surface area contributed by atoms with Crippen LogP contribution in [0.15, 0.2) is 48.5 Å². The Labute approximate surface area is 186 Å². The molecule has 3 rings (SSSR count). The fourth-order valence-electron chi connectivity index (χ4n) is 4.28. The molecule has 31 heavy (non-hydrogen) atoms. The van der Waals surface area contributed by atoms with Crippen LogP contribution in [0.2, 0.25) is 0 Å². The van der Waals surface area contributed by atoms with Gasteiger partial charge in [-0.05, 0) is 37.6 Å². The quantitative estimate of drug-likeness (QED) is 0.616. The molecule has 1 saturated heterocycles. The molecule has 0 N–H and O–H groups in total. The van der Waals surface area contributed by atoms with Crippen molar-refractivity contribution in [3.05, 3.63) is 59.7 Å². The summed E-state index contributed by atoms with van der Waals surface area (Å²) in [4.78, 5) is 20.1. The number of benzene rings is 2. The first-order chi connectivity index (χ1) is 15.1. The third kappa shape index (κ3) is 5.57. The van der Waals surface area contributed by atoms with Gasteiger partial charge >= 0.3 is 0 Å². The average molecular weight is 426 g/mol. The molecule has 6 heteroatoms. The molecule has 0 aromatic heterocycles. The summed E-state index contributed by atoms with van der Waals surface area (Å²) in [6, 6.07) is 15.9. The summed E-state index contributed by atoms with van der Waals surface area (Å²) in [5.74, 6) is 1.91. The zero-order chi connectivity index (χ0) is 22.2. The van der Waals surface area contributed by atoms with Gasteiger partial charge in [0.25, 0.3) is 0 Å². The van der Waals surface area contributed by atoms with Gasteiger partial charge in [-0.15, -0.1) is 0 Å². The Hall–Kier alpha value is -2.57. The van der Waals surface area contributed by atoms with Crippen molar-refractivity contribution >= 4 is 5.91 Å². The molecule has 2 aromatic carbocycles. The summed E-state index contributed by atoms with van der Waals surface area (Å²) in [5.41, 5.74) is 2.19. The fourth-order valence-corrected chi connectivity index (χ4v) is 4.28. The Bertz CT molecular complexity index is 831. The zero-order valence-corrected chi connectivity index (χ0v) is 19.2. The summed E-state index contributed by atoms with van der Waals surface area (Å²) in [6.45, 7) is 9.84. The van der Waals surface area contributed by atoms with E-state index >= 15 is 0 Å². The number of ether oxygens (including phenoxy) is 2. The van der Waals surface area contributed by atoms with Gasteiger partial charge < -0.3 is 14.4 Å². The molecule has 1 atom stereocenters. The van der Waals surface area contributed by atoms with E-state index in [0.29, 0.717) is 0 Å². The zero-order valence-electron chi connectivity index (χ0n) is 19.2. The highest BCUT2D eigenvalue weighted by atomic mass is 16.5. The minimum Gasteiger partial charge on any atom is -0.497 e. The van der Waals surface area contributed by atoms with Crippen molar-refractivity contribution < 1.29 is 14.3 Å². The van der Waals surface area contributed by atoms with Crippen LogP contribution in [0.25, 0.3) is 0 Å². The van der Waals surface area contributed by atoms with E-state index in [1.54, 1.807) is 14.2 Å². The third-order valence-corrected chi connectivity index (χ3v) is 6.08. The van der Waals surface area contributed by atoms with Gasteiger partial charge in [0, 0.05) is 51.4 Å². The summed E-state index contributed by atoms with van der Waals surface area (Å²) in [5, 5.41) is 0. The van der Waals surface area contributed by atoms with Gasteiger partial charge in [-0.25, -0.2) is 0 Å². The Morgan fingerprint density at radius 1 is 0.968 bits per heavy atom. The van der Waals surface area contributed by atoms with Crippen LogP contribution in [-0.2, 0) is 11.3 Å². The molecule has 1 aliphatic heterocycles. The highest BCUT2D eigenvalue weighted by Gasteiger charge is 2.32. The molecule has 1 heterocycles. The summed E-state index contributed by atoms with van der Waals surface area (Å²) in [6.07, 6.45) is 0. The van der Waals surface area contributed by atoms with Crippen LogP contribution in [-0.4, -0.2) is 74.1 Å². The van der Waals surface area contributed by atoms with E-state index in [9.17, 15) is 4.79 Å². The number of carbonyl (C=O) groups is 1. The van der Waals surface area contributed by atoms with Gasteiger partial charge in [-0.1, -0.05) is 30.3 Å². The van der Waals surface area contributed by atoms with Gasteiger partial charge in [0.15, 0.2) is 0 Å². The number of rotatable bonds is 9. The molecule has 1 amide bonds. The molecule has 168 valence electrons. The third-order valence-electron chi connectivity index (χ3n) is 6.08. The van der Waals surface area contributed by atoms with Crippen LogP contribution in [0.1, 0.15) is 31.0 Å². The molecular weight excluding hydrogens is 390 g/mol. The molecule has 0 spiro atoms. The molecule has 0 radical (unpaired) electrons. The Morgan fingerprint density at radius 2 is 1.65 bits per heavy atom. The fraction of sp³-hybridized carbons (Fsp3) is 0.480. The van der Waals surface area contributed by atoms with Crippen molar-refractivity contribution in [3.8, 4) is 11.5 Å². The lowest BCUT2D eigenvalue weighted by molar-refractivity contribution is -0.137.